The normalized spacial score (nSPS) is 19.0. The Morgan fingerprint density at radius 1 is 1.22 bits per heavy atom. The fraction of sp³-hybridized carbons (Fsp3) is 0.412. The lowest BCUT2D eigenvalue weighted by Crippen LogP contribution is -2.44. The molecule has 120 valence electrons. The van der Waals surface area contributed by atoms with Gasteiger partial charge >= 0.3 is 0 Å². The fourth-order valence-electron chi connectivity index (χ4n) is 3.71. The van der Waals surface area contributed by atoms with E-state index in [2.05, 4.69) is 5.10 Å². The van der Waals surface area contributed by atoms with Gasteiger partial charge in [-0.2, -0.15) is 5.10 Å². The molecule has 1 atom stereocenters. The van der Waals surface area contributed by atoms with Crippen molar-refractivity contribution in [1.82, 2.24) is 14.7 Å². The van der Waals surface area contributed by atoms with Crippen molar-refractivity contribution in [2.75, 3.05) is 20.8 Å². The molecule has 6 heteroatoms. The highest BCUT2D eigenvalue weighted by atomic mass is 16.5. The lowest BCUT2D eigenvalue weighted by Gasteiger charge is -2.40. The Kier molecular flexibility index (Phi) is 3.07. The molecule has 0 fully saturated rings. The molecule has 0 unspecified atom stereocenters. The maximum absolute atomic E-state index is 12.8. The van der Waals surface area contributed by atoms with Gasteiger partial charge in [-0.1, -0.05) is 0 Å². The van der Waals surface area contributed by atoms with E-state index in [-0.39, 0.29) is 11.9 Å². The van der Waals surface area contributed by atoms with Gasteiger partial charge in [-0.05, 0) is 29.7 Å². The number of aryl methyl sites for hydroxylation is 1. The van der Waals surface area contributed by atoms with Gasteiger partial charge in [-0.3, -0.25) is 9.48 Å². The molecule has 0 bridgehead atoms. The van der Waals surface area contributed by atoms with E-state index in [0.717, 1.165) is 42.0 Å². The number of benzene rings is 1. The Balaban J connectivity index is 1.84. The number of rotatable bonds is 2. The van der Waals surface area contributed by atoms with Gasteiger partial charge in [0.05, 0.1) is 37.7 Å². The summed E-state index contributed by atoms with van der Waals surface area (Å²) in [5.41, 5.74) is 4.10. The molecular formula is C17H19N3O3. The van der Waals surface area contributed by atoms with Crippen LogP contribution in [-0.4, -0.2) is 41.4 Å². The number of hydrogen-bond donors (Lipinski definition) is 0. The minimum Gasteiger partial charge on any atom is -0.493 e. The van der Waals surface area contributed by atoms with Crippen LogP contribution in [0.25, 0.3) is 0 Å². The van der Waals surface area contributed by atoms with Crippen LogP contribution in [0.3, 0.4) is 0 Å². The number of methoxy groups -OCH3 is 2. The second-order valence-electron chi connectivity index (χ2n) is 6.00. The lowest BCUT2D eigenvalue weighted by molar-refractivity contribution is 0.0628. The van der Waals surface area contributed by atoms with Crippen molar-refractivity contribution in [2.24, 2.45) is 7.05 Å². The summed E-state index contributed by atoms with van der Waals surface area (Å²) in [5, 5.41) is 4.25. The average molecular weight is 313 g/mol. The molecular weight excluding hydrogens is 294 g/mol. The number of fused-ring (bicyclic) bond motifs is 4. The molecule has 0 radical (unpaired) electrons. The summed E-state index contributed by atoms with van der Waals surface area (Å²) in [6.45, 7) is 0.723. The van der Waals surface area contributed by atoms with Crippen LogP contribution in [0.4, 0.5) is 0 Å². The SMILES string of the molecule is COc1cc2c(cc1OC)[C@@H]1Cc3c(cnn3C)C(=O)N1CC2. The molecule has 2 aromatic rings. The minimum atomic E-state index is 0.0361. The molecule has 0 saturated heterocycles. The van der Waals surface area contributed by atoms with Gasteiger partial charge in [0.25, 0.3) is 5.91 Å². The molecule has 4 rings (SSSR count). The largest absolute Gasteiger partial charge is 0.493 e. The van der Waals surface area contributed by atoms with Crippen molar-refractivity contribution < 1.29 is 14.3 Å². The van der Waals surface area contributed by atoms with Gasteiger partial charge in [-0.25, -0.2) is 0 Å². The monoisotopic (exact) mass is 313 g/mol. The summed E-state index contributed by atoms with van der Waals surface area (Å²) in [5.74, 6) is 1.52. The zero-order valence-corrected chi connectivity index (χ0v) is 13.5. The number of carbonyl (C=O) groups excluding carboxylic acids is 1. The number of amides is 1. The molecule has 0 aliphatic carbocycles. The van der Waals surface area contributed by atoms with Crippen LogP contribution < -0.4 is 9.47 Å². The van der Waals surface area contributed by atoms with Crippen molar-refractivity contribution in [2.45, 2.75) is 18.9 Å². The first kappa shape index (κ1) is 14.1. The third kappa shape index (κ3) is 1.94. The average Bonchev–Trinajstić information content (AvgIpc) is 2.95. The summed E-state index contributed by atoms with van der Waals surface area (Å²) < 4.78 is 12.6. The maximum Gasteiger partial charge on any atom is 0.257 e. The minimum absolute atomic E-state index is 0.0361. The fourth-order valence-corrected chi connectivity index (χ4v) is 3.71. The van der Waals surface area contributed by atoms with E-state index < -0.39 is 0 Å². The van der Waals surface area contributed by atoms with Crippen LogP contribution in [0.15, 0.2) is 18.3 Å². The quantitative estimate of drug-likeness (QED) is 0.847. The molecule has 3 heterocycles. The van der Waals surface area contributed by atoms with Crippen LogP contribution in [0.5, 0.6) is 11.5 Å². The van der Waals surface area contributed by atoms with Crippen molar-refractivity contribution in [1.29, 1.82) is 0 Å². The smallest absolute Gasteiger partial charge is 0.257 e. The first-order chi connectivity index (χ1) is 11.1. The summed E-state index contributed by atoms with van der Waals surface area (Å²) in [6, 6.07) is 4.09. The second-order valence-corrected chi connectivity index (χ2v) is 6.00. The second kappa shape index (κ2) is 5.01. The predicted molar refractivity (Wildman–Crippen MR) is 83.9 cm³/mol. The standard InChI is InChI=1S/C17H19N3O3/c1-19-13-8-14-11-7-16(23-3)15(22-2)6-10(11)4-5-20(14)17(21)12(13)9-18-19/h6-7,9,14H,4-5,8H2,1-3H3/t14-/m0/s1. The van der Waals surface area contributed by atoms with Crippen molar-refractivity contribution in [3.8, 4) is 11.5 Å². The zero-order valence-electron chi connectivity index (χ0n) is 13.5. The number of aromatic nitrogens is 2. The molecule has 6 nitrogen and oxygen atoms in total. The Hall–Kier alpha value is -2.50. The van der Waals surface area contributed by atoms with E-state index in [1.54, 1.807) is 25.1 Å². The van der Waals surface area contributed by atoms with Gasteiger partial charge in [0.1, 0.15) is 0 Å². The third-order valence-corrected chi connectivity index (χ3v) is 4.94. The number of hydrogen-bond acceptors (Lipinski definition) is 4. The van der Waals surface area contributed by atoms with Crippen molar-refractivity contribution in [3.05, 3.63) is 40.7 Å². The van der Waals surface area contributed by atoms with Gasteiger partial charge in [0.15, 0.2) is 11.5 Å². The molecule has 0 saturated carbocycles. The summed E-state index contributed by atoms with van der Waals surface area (Å²) in [6.07, 6.45) is 3.28. The van der Waals surface area contributed by atoms with Gasteiger partial charge in [0, 0.05) is 20.0 Å². The summed E-state index contributed by atoms with van der Waals surface area (Å²) in [7, 11) is 5.17. The Morgan fingerprint density at radius 3 is 2.70 bits per heavy atom. The molecule has 1 aromatic heterocycles. The number of nitrogens with zero attached hydrogens (tertiary/aromatic N) is 3. The highest BCUT2D eigenvalue weighted by Gasteiger charge is 2.39. The first-order valence-corrected chi connectivity index (χ1v) is 7.70. The molecule has 1 aromatic carbocycles. The highest BCUT2D eigenvalue weighted by Crippen LogP contribution is 2.42. The first-order valence-electron chi connectivity index (χ1n) is 7.70. The number of ether oxygens (including phenoxy) is 2. The van der Waals surface area contributed by atoms with Gasteiger partial charge in [-0.15, -0.1) is 0 Å². The highest BCUT2D eigenvalue weighted by molar-refractivity contribution is 5.96. The van der Waals surface area contributed by atoms with Gasteiger partial charge in [0.2, 0.25) is 0 Å². The van der Waals surface area contributed by atoms with Crippen LogP contribution >= 0.6 is 0 Å². The third-order valence-electron chi connectivity index (χ3n) is 4.94. The van der Waals surface area contributed by atoms with E-state index in [1.165, 1.54) is 5.56 Å². The molecule has 23 heavy (non-hydrogen) atoms. The van der Waals surface area contributed by atoms with Crippen molar-refractivity contribution in [3.63, 3.8) is 0 Å². The summed E-state index contributed by atoms with van der Waals surface area (Å²) >= 11 is 0. The molecule has 1 amide bonds. The Morgan fingerprint density at radius 2 is 1.96 bits per heavy atom. The number of carbonyl (C=O) groups is 1. The molecule has 0 N–H and O–H groups in total. The zero-order chi connectivity index (χ0) is 16.1. The van der Waals surface area contributed by atoms with Crippen LogP contribution in [-0.2, 0) is 19.9 Å². The Bertz CT molecular complexity index is 797. The van der Waals surface area contributed by atoms with Crippen molar-refractivity contribution >= 4 is 5.91 Å². The van der Waals surface area contributed by atoms with Crippen LogP contribution in [0, 0.1) is 0 Å². The van der Waals surface area contributed by atoms with E-state index in [0.29, 0.717) is 5.75 Å². The van der Waals surface area contributed by atoms with E-state index in [4.69, 9.17) is 9.47 Å². The van der Waals surface area contributed by atoms with Crippen LogP contribution in [0.1, 0.15) is 33.2 Å². The maximum atomic E-state index is 12.8. The molecule has 2 aliphatic heterocycles. The molecule has 2 aliphatic rings. The van der Waals surface area contributed by atoms with Crippen LogP contribution in [0.2, 0.25) is 0 Å². The lowest BCUT2D eigenvalue weighted by atomic mass is 9.86. The molecule has 0 spiro atoms. The van der Waals surface area contributed by atoms with Gasteiger partial charge < -0.3 is 14.4 Å². The van der Waals surface area contributed by atoms with E-state index >= 15 is 0 Å². The van der Waals surface area contributed by atoms with E-state index in [9.17, 15) is 4.79 Å². The predicted octanol–water partition coefficient (Wildman–Crippen LogP) is 1.73. The Labute approximate surface area is 134 Å². The topological polar surface area (TPSA) is 56.6 Å². The van der Waals surface area contributed by atoms with E-state index in [1.807, 2.05) is 24.1 Å². The summed E-state index contributed by atoms with van der Waals surface area (Å²) in [4.78, 5) is 14.7.